The average molecular weight is 318 g/mol. The van der Waals surface area contributed by atoms with Crippen molar-refractivity contribution in [2.24, 2.45) is 0 Å². The summed E-state index contributed by atoms with van der Waals surface area (Å²) >= 11 is 0. The zero-order valence-corrected chi connectivity index (χ0v) is 13.7. The van der Waals surface area contributed by atoms with Crippen LogP contribution in [0.2, 0.25) is 0 Å². The Balaban J connectivity index is 1.39. The fourth-order valence-electron chi connectivity index (χ4n) is 3.02. The molecule has 0 aliphatic carbocycles. The molecule has 0 amide bonds. The second-order valence-corrected chi connectivity index (χ2v) is 6.28. The second-order valence-electron chi connectivity index (χ2n) is 6.28. The number of aryl methyl sites for hydroxylation is 1. The first-order valence-electron chi connectivity index (χ1n) is 8.42. The molecule has 1 aliphatic heterocycles. The van der Waals surface area contributed by atoms with Crippen LogP contribution in [0.1, 0.15) is 30.6 Å². The van der Waals surface area contributed by atoms with E-state index in [1.807, 2.05) is 25.3 Å². The van der Waals surface area contributed by atoms with Crippen molar-refractivity contribution in [1.29, 1.82) is 0 Å². The zero-order chi connectivity index (χ0) is 16.1. The van der Waals surface area contributed by atoms with E-state index in [0.717, 1.165) is 74.8 Å². The van der Waals surface area contributed by atoms with Gasteiger partial charge in [0.1, 0.15) is 11.5 Å². The number of aromatic amines is 1. The smallest absolute Gasteiger partial charge is 0.152 e. The largest absolute Gasteiger partial charge is 0.460 e. The van der Waals surface area contributed by atoms with E-state index in [1.54, 1.807) is 0 Å². The Hall–Kier alpha value is -1.63. The van der Waals surface area contributed by atoms with Gasteiger partial charge in [-0.3, -0.25) is 5.10 Å². The number of nitrogens with zero attached hydrogens (tertiary/aromatic N) is 2. The molecule has 3 N–H and O–H groups in total. The average Bonchev–Trinajstić information content (AvgIpc) is 3.17. The van der Waals surface area contributed by atoms with Crippen molar-refractivity contribution >= 4 is 0 Å². The molecular weight excluding hydrogens is 292 g/mol. The quantitative estimate of drug-likeness (QED) is 0.680. The van der Waals surface area contributed by atoms with E-state index in [-0.39, 0.29) is 6.10 Å². The molecule has 6 nitrogen and oxygen atoms in total. The summed E-state index contributed by atoms with van der Waals surface area (Å²) in [6, 6.07) is 3.93. The van der Waals surface area contributed by atoms with E-state index in [9.17, 15) is 5.11 Å². The SMILES string of the molecule is Cc1ccc(-c2[nH]ncc2CNCCCN2CCC(O)CC2)o1. The molecule has 23 heavy (non-hydrogen) atoms. The highest BCUT2D eigenvalue weighted by Crippen LogP contribution is 2.23. The van der Waals surface area contributed by atoms with Gasteiger partial charge in [0, 0.05) is 25.2 Å². The fraction of sp³-hybridized carbons (Fsp3) is 0.588. The number of aliphatic hydroxyl groups is 1. The third kappa shape index (κ3) is 4.43. The van der Waals surface area contributed by atoms with Gasteiger partial charge < -0.3 is 19.7 Å². The Morgan fingerprint density at radius 3 is 2.96 bits per heavy atom. The summed E-state index contributed by atoms with van der Waals surface area (Å²) < 4.78 is 5.66. The molecule has 0 unspecified atom stereocenters. The van der Waals surface area contributed by atoms with Crippen molar-refractivity contribution in [1.82, 2.24) is 20.4 Å². The molecule has 6 heteroatoms. The molecule has 1 saturated heterocycles. The van der Waals surface area contributed by atoms with Crippen molar-refractivity contribution in [3.63, 3.8) is 0 Å². The van der Waals surface area contributed by atoms with E-state index in [2.05, 4.69) is 20.4 Å². The number of rotatable bonds is 7. The summed E-state index contributed by atoms with van der Waals surface area (Å²) in [5, 5.41) is 20.1. The van der Waals surface area contributed by atoms with Crippen molar-refractivity contribution in [2.75, 3.05) is 26.2 Å². The monoisotopic (exact) mass is 318 g/mol. The molecule has 0 spiro atoms. The maximum atomic E-state index is 9.51. The molecule has 3 rings (SSSR count). The number of nitrogens with one attached hydrogen (secondary N) is 2. The van der Waals surface area contributed by atoms with Gasteiger partial charge >= 0.3 is 0 Å². The number of likely N-dealkylation sites (tertiary alicyclic amines) is 1. The van der Waals surface area contributed by atoms with Gasteiger partial charge in [-0.05, 0) is 51.4 Å². The molecule has 2 aromatic rings. The van der Waals surface area contributed by atoms with Crippen LogP contribution in [0.4, 0.5) is 0 Å². The molecule has 1 fully saturated rings. The molecular formula is C17H26N4O2. The predicted octanol–water partition coefficient (Wildman–Crippen LogP) is 1.91. The van der Waals surface area contributed by atoms with Crippen molar-refractivity contribution in [3.8, 4) is 11.5 Å². The van der Waals surface area contributed by atoms with Crippen LogP contribution in [0.5, 0.6) is 0 Å². The molecule has 0 saturated carbocycles. The molecule has 0 atom stereocenters. The lowest BCUT2D eigenvalue weighted by molar-refractivity contribution is 0.0821. The summed E-state index contributed by atoms with van der Waals surface area (Å²) in [5.41, 5.74) is 2.08. The highest BCUT2D eigenvalue weighted by atomic mass is 16.3. The standard InChI is InChI=1S/C17H26N4O2/c1-13-3-4-16(23-13)17-14(12-19-20-17)11-18-7-2-8-21-9-5-15(22)6-10-21/h3-4,12,15,18,22H,2,5-11H2,1H3,(H,19,20). The van der Waals surface area contributed by atoms with Gasteiger partial charge in [-0.25, -0.2) is 0 Å². The van der Waals surface area contributed by atoms with Gasteiger partial charge in [0.2, 0.25) is 0 Å². The Labute approximate surface area is 136 Å². The van der Waals surface area contributed by atoms with Gasteiger partial charge in [0.15, 0.2) is 5.76 Å². The van der Waals surface area contributed by atoms with Gasteiger partial charge in [-0.15, -0.1) is 0 Å². The molecule has 1 aliphatic rings. The van der Waals surface area contributed by atoms with Crippen LogP contribution in [-0.2, 0) is 6.54 Å². The number of aliphatic hydroxyl groups excluding tert-OH is 1. The number of hydrogen-bond acceptors (Lipinski definition) is 5. The van der Waals surface area contributed by atoms with Crippen LogP contribution >= 0.6 is 0 Å². The first-order chi connectivity index (χ1) is 11.2. The Morgan fingerprint density at radius 1 is 1.39 bits per heavy atom. The first-order valence-corrected chi connectivity index (χ1v) is 8.42. The summed E-state index contributed by atoms with van der Waals surface area (Å²) in [4.78, 5) is 2.43. The predicted molar refractivity (Wildman–Crippen MR) is 89.0 cm³/mol. The van der Waals surface area contributed by atoms with Crippen LogP contribution in [0.15, 0.2) is 22.7 Å². The molecule has 0 radical (unpaired) electrons. The lowest BCUT2D eigenvalue weighted by Gasteiger charge is -2.29. The number of aromatic nitrogens is 2. The van der Waals surface area contributed by atoms with Gasteiger partial charge in [0.05, 0.1) is 12.3 Å². The minimum absolute atomic E-state index is 0.0888. The number of hydrogen-bond donors (Lipinski definition) is 3. The third-order valence-electron chi connectivity index (χ3n) is 4.41. The van der Waals surface area contributed by atoms with Crippen LogP contribution in [0.3, 0.4) is 0 Å². The van der Waals surface area contributed by atoms with Crippen LogP contribution in [0.25, 0.3) is 11.5 Å². The maximum absolute atomic E-state index is 9.51. The minimum Gasteiger partial charge on any atom is -0.460 e. The van der Waals surface area contributed by atoms with Crippen LogP contribution in [0, 0.1) is 6.92 Å². The van der Waals surface area contributed by atoms with Crippen LogP contribution < -0.4 is 5.32 Å². The van der Waals surface area contributed by atoms with E-state index in [4.69, 9.17) is 4.42 Å². The molecule has 3 heterocycles. The Bertz CT molecular complexity index is 599. The second kappa shape index (κ2) is 7.77. The molecule has 2 aromatic heterocycles. The van der Waals surface area contributed by atoms with Crippen molar-refractivity contribution < 1.29 is 9.52 Å². The summed E-state index contributed by atoms with van der Waals surface area (Å²) in [6.07, 6.45) is 4.70. The van der Waals surface area contributed by atoms with Crippen molar-refractivity contribution in [2.45, 2.75) is 38.8 Å². The Morgan fingerprint density at radius 2 is 2.22 bits per heavy atom. The summed E-state index contributed by atoms with van der Waals surface area (Å²) in [5.74, 6) is 1.74. The minimum atomic E-state index is -0.0888. The summed E-state index contributed by atoms with van der Waals surface area (Å²) in [6.45, 7) is 6.83. The first kappa shape index (κ1) is 16.2. The molecule has 0 bridgehead atoms. The van der Waals surface area contributed by atoms with E-state index < -0.39 is 0 Å². The molecule has 0 aromatic carbocycles. The summed E-state index contributed by atoms with van der Waals surface area (Å²) in [7, 11) is 0. The number of H-pyrrole nitrogens is 1. The topological polar surface area (TPSA) is 77.3 Å². The highest BCUT2D eigenvalue weighted by molar-refractivity contribution is 5.56. The number of furan rings is 1. The third-order valence-corrected chi connectivity index (χ3v) is 4.41. The lowest BCUT2D eigenvalue weighted by atomic mass is 10.1. The Kier molecular flexibility index (Phi) is 5.48. The van der Waals surface area contributed by atoms with Gasteiger partial charge in [-0.2, -0.15) is 5.10 Å². The van der Waals surface area contributed by atoms with Crippen LogP contribution in [-0.4, -0.2) is 52.5 Å². The lowest BCUT2D eigenvalue weighted by Crippen LogP contribution is -2.37. The zero-order valence-electron chi connectivity index (χ0n) is 13.7. The highest BCUT2D eigenvalue weighted by Gasteiger charge is 2.16. The van der Waals surface area contributed by atoms with Crippen molar-refractivity contribution in [3.05, 3.63) is 29.7 Å². The maximum Gasteiger partial charge on any atom is 0.152 e. The van der Waals surface area contributed by atoms with E-state index >= 15 is 0 Å². The van der Waals surface area contributed by atoms with E-state index in [1.165, 1.54) is 0 Å². The number of piperidine rings is 1. The normalized spacial score (nSPS) is 17.0. The van der Waals surface area contributed by atoms with Gasteiger partial charge in [-0.1, -0.05) is 0 Å². The fourth-order valence-corrected chi connectivity index (χ4v) is 3.02. The van der Waals surface area contributed by atoms with Gasteiger partial charge in [0.25, 0.3) is 0 Å². The molecule has 126 valence electrons. The van der Waals surface area contributed by atoms with E-state index in [0.29, 0.717) is 0 Å².